The molecular weight excluding hydrogens is 342 g/mol. The van der Waals surface area contributed by atoms with Crippen LogP contribution in [-0.4, -0.2) is 59.1 Å². The van der Waals surface area contributed by atoms with Crippen molar-refractivity contribution in [3.63, 3.8) is 0 Å². The summed E-state index contributed by atoms with van der Waals surface area (Å²) in [5, 5.41) is 0. The van der Waals surface area contributed by atoms with Gasteiger partial charge < -0.3 is 14.5 Å². The molecule has 6 nitrogen and oxygen atoms in total. The molecule has 0 aliphatic carbocycles. The Hall–Kier alpha value is -2.11. The third-order valence-corrected chi connectivity index (χ3v) is 4.66. The second kappa shape index (κ2) is 9.72. The van der Waals surface area contributed by atoms with Crippen LogP contribution in [0.4, 0.5) is 4.79 Å². The highest BCUT2D eigenvalue weighted by molar-refractivity contribution is 5.76. The first-order chi connectivity index (χ1) is 12.7. The van der Waals surface area contributed by atoms with Crippen LogP contribution in [0.1, 0.15) is 52.1 Å². The Balaban J connectivity index is 1.75. The number of rotatable bonds is 6. The normalized spacial score (nSPS) is 17.5. The molecule has 1 saturated heterocycles. The van der Waals surface area contributed by atoms with Crippen molar-refractivity contribution in [2.45, 2.75) is 58.5 Å². The summed E-state index contributed by atoms with van der Waals surface area (Å²) < 4.78 is 5.41. The molecule has 0 radical (unpaired) electrons. The third kappa shape index (κ3) is 7.57. The number of aryl methyl sites for hydroxylation is 1. The van der Waals surface area contributed by atoms with Crippen molar-refractivity contribution < 1.29 is 14.3 Å². The fraction of sp³-hybridized carbons (Fsp3) is 0.667. The largest absolute Gasteiger partial charge is 0.444 e. The predicted octanol–water partition coefficient (Wildman–Crippen LogP) is 3.51. The molecule has 27 heavy (non-hydrogen) atoms. The minimum atomic E-state index is -0.493. The summed E-state index contributed by atoms with van der Waals surface area (Å²) in [6.07, 6.45) is 5.68. The first-order valence-electron chi connectivity index (χ1n) is 9.86. The molecule has 0 N–H and O–H groups in total. The van der Waals surface area contributed by atoms with Crippen molar-refractivity contribution in [1.29, 1.82) is 0 Å². The van der Waals surface area contributed by atoms with Crippen molar-refractivity contribution in [2.24, 2.45) is 5.92 Å². The number of aromatic nitrogens is 1. The summed E-state index contributed by atoms with van der Waals surface area (Å²) >= 11 is 0. The molecule has 1 aliphatic rings. The third-order valence-electron chi connectivity index (χ3n) is 4.66. The van der Waals surface area contributed by atoms with Gasteiger partial charge in [0.25, 0.3) is 0 Å². The topological polar surface area (TPSA) is 62.7 Å². The second-order valence-corrected chi connectivity index (χ2v) is 8.38. The van der Waals surface area contributed by atoms with Gasteiger partial charge in [0, 0.05) is 45.0 Å². The quantitative estimate of drug-likeness (QED) is 0.763. The number of hydrogen-bond acceptors (Lipinski definition) is 4. The SMILES string of the molecule is CN(CC1CCCN(C(=O)CCCc2ccccn2)C1)C(=O)OC(C)(C)C. The standard InChI is InChI=1S/C21H33N3O3/c1-21(2,3)27-20(26)23(4)15-17-9-8-14-24(16-17)19(25)12-7-11-18-10-5-6-13-22-18/h5-6,10,13,17H,7-9,11-12,14-16H2,1-4H3. The van der Waals surface area contributed by atoms with E-state index >= 15 is 0 Å². The maximum atomic E-state index is 12.5. The van der Waals surface area contributed by atoms with E-state index in [1.54, 1.807) is 18.1 Å². The number of likely N-dealkylation sites (tertiary alicyclic amines) is 1. The van der Waals surface area contributed by atoms with Gasteiger partial charge in [-0.2, -0.15) is 0 Å². The second-order valence-electron chi connectivity index (χ2n) is 8.38. The van der Waals surface area contributed by atoms with Crippen LogP contribution in [0.2, 0.25) is 0 Å². The van der Waals surface area contributed by atoms with E-state index in [4.69, 9.17) is 4.74 Å². The first-order valence-corrected chi connectivity index (χ1v) is 9.86. The summed E-state index contributed by atoms with van der Waals surface area (Å²) in [4.78, 5) is 32.6. The molecule has 150 valence electrons. The molecule has 1 unspecified atom stereocenters. The molecule has 1 fully saturated rings. The van der Waals surface area contributed by atoms with Gasteiger partial charge >= 0.3 is 6.09 Å². The van der Waals surface area contributed by atoms with Crippen LogP contribution in [0.3, 0.4) is 0 Å². The van der Waals surface area contributed by atoms with Crippen LogP contribution in [0, 0.1) is 5.92 Å². The summed E-state index contributed by atoms with van der Waals surface area (Å²) in [6.45, 7) is 7.75. The summed E-state index contributed by atoms with van der Waals surface area (Å²) in [7, 11) is 1.77. The maximum absolute atomic E-state index is 12.5. The summed E-state index contributed by atoms with van der Waals surface area (Å²) in [5.74, 6) is 0.506. The Morgan fingerprint density at radius 1 is 1.33 bits per heavy atom. The minimum Gasteiger partial charge on any atom is -0.444 e. The molecule has 2 heterocycles. The molecule has 0 bridgehead atoms. The van der Waals surface area contributed by atoms with E-state index in [9.17, 15) is 9.59 Å². The molecule has 0 aromatic carbocycles. The number of pyridine rings is 1. The lowest BCUT2D eigenvalue weighted by molar-refractivity contribution is -0.133. The molecule has 1 atom stereocenters. The molecule has 0 saturated carbocycles. The zero-order valence-electron chi connectivity index (χ0n) is 17.1. The Morgan fingerprint density at radius 3 is 2.78 bits per heavy atom. The van der Waals surface area contributed by atoms with Crippen LogP contribution in [0.15, 0.2) is 24.4 Å². The number of piperidine rings is 1. The molecule has 2 amide bonds. The Kier molecular flexibility index (Phi) is 7.63. The minimum absolute atomic E-state index is 0.204. The molecule has 1 aromatic rings. The number of amides is 2. The number of ether oxygens (including phenoxy) is 1. The van der Waals surface area contributed by atoms with Crippen molar-refractivity contribution >= 4 is 12.0 Å². The molecular formula is C21H33N3O3. The summed E-state index contributed by atoms with van der Waals surface area (Å²) in [5.41, 5.74) is 0.536. The van der Waals surface area contributed by atoms with Gasteiger partial charge in [-0.25, -0.2) is 4.79 Å². The van der Waals surface area contributed by atoms with Crippen molar-refractivity contribution in [2.75, 3.05) is 26.7 Å². The van der Waals surface area contributed by atoms with Crippen LogP contribution >= 0.6 is 0 Å². The monoisotopic (exact) mass is 375 g/mol. The Bertz CT molecular complexity index is 613. The van der Waals surface area contributed by atoms with Gasteiger partial charge in [-0.05, 0) is 64.5 Å². The van der Waals surface area contributed by atoms with Crippen LogP contribution in [-0.2, 0) is 16.0 Å². The molecule has 2 rings (SSSR count). The van der Waals surface area contributed by atoms with E-state index in [0.717, 1.165) is 44.5 Å². The Labute approximate surface area is 162 Å². The zero-order valence-corrected chi connectivity index (χ0v) is 17.1. The highest BCUT2D eigenvalue weighted by Crippen LogP contribution is 2.20. The highest BCUT2D eigenvalue weighted by atomic mass is 16.6. The van der Waals surface area contributed by atoms with Crippen molar-refractivity contribution in [3.8, 4) is 0 Å². The van der Waals surface area contributed by atoms with E-state index < -0.39 is 5.60 Å². The smallest absolute Gasteiger partial charge is 0.410 e. The maximum Gasteiger partial charge on any atom is 0.410 e. The highest BCUT2D eigenvalue weighted by Gasteiger charge is 2.27. The number of nitrogens with zero attached hydrogens (tertiary/aromatic N) is 3. The average Bonchev–Trinajstić information content (AvgIpc) is 2.61. The lowest BCUT2D eigenvalue weighted by Gasteiger charge is -2.35. The van der Waals surface area contributed by atoms with Crippen LogP contribution in [0.5, 0.6) is 0 Å². The molecule has 6 heteroatoms. The lowest BCUT2D eigenvalue weighted by atomic mass is 9.97. The molecule has 1 aliphatic heterocycles. The van der Waals surface area contributed by atoms with Crippen molar-refractivity contribution in [3.05, 3.63) is 30.1 Å². The number of hydrogen-bond donors (Lipinski definition) is 0. The summed E-state index contributed by atoms with van der Waals surface area (Å²) in [6, 6.07) is 5.87. The van der Waals surface area contributed by atoms with Gasteiger partial charge in [0.1, 0.15) is 5.60 Å². The van der Waals surface area contributed by atoms with E-state index in [-0.39, 0.29) is 12.0 Å². The fourth-order valence-corrected chi connectivity index (χ4v) is 3.37. The Morgan fingerprint density at radius 2 is 2.11 bits per heavy atom. The zero-order chi connectivity index (χ0) is 19.9. The van der Waals surface area contributed by atoms with E-state index in [1.165, 1.54) is 0 Å². The van der Waals surface area contributed by atoms with Gasteiger partial charge in [0.15, 0.2) is 0 Å². The van der Waals surface area contributed by atoms with Crippen LogP contribution < -0.4 is 0 Å². The van der Waals surface area contributed by atoms with E-state index in [2.05, 4.69) is 4.98 Å². The molecule has 1 aromatic heterocycles. The predicted molar refractivity (Wildman–Crippen MR) is 105 cm³/mol. The van der Waals surface area contributed by atoms with Gasteiger partial charge in [0.2, 0.25) is 5.91 Å². The van der Waals surface area contributed by atoms with Gasteiger partial charge in [-0.15, -0.1) is 0 Å². The molecule has 0 spiro atoms. The van der Waals surface area contributed by atoms with Crippen molar-refractivity contribution in [1.82, 2.24) is 14.8 Å². The first kappa shape index (κ1) is 21.2. The lowest BCUT2D eigenvalue weighted by Crippen LogP contribution is -2.45. The number of carbonyl (C=O) groups is 2. The average molecular weight is 376 g/mol. The van der Waals surface area contributed by atoms with Gasteiger partial charge in [-0.1, -0.05) is 6.07 Å². The number of carbonyl (C=O) groups excluding carboxylic acids is 2. The van der Waals surface area contributed by atoms with Gasteiger partial charge in [-0.3, -0.25) is 9.78 Å². The van der Waals surface area contributed by atoms with E-state index in [0.29, 0.717) is 18.9 Å². The fourth-order valence-electron chi connectivity index (χ4n) is 3.37. The van der Waals surface area contributed by atoms with Gasteiger partial charge in [0.05, 0.1) is 0 Å². The van der Waals surface area contributed by atoms with Crippen LogP contribution in [0.25, 0.3) is 0 Å². The van der Waals surface area contributed by atoms with E-state index in [1.807, 2.05) is 43.9 Å².